The molecule has 0 bridgehead atoms. The molecule has 22 heavy (non-hydrogen) atoms. The Hall–Kier alpha value is -1.43. The summed E-state index contributed by atoms with van der Waals surface area (Å²) in [6.45, 7) is 1.90. The molecule has 0 saturated carbocycles. The molecular weight excluding hydrogens is 325 g/mol. The van der Waals surface area contributed by atoms with E-state index >= 15 is 0 Å². The Morgan fingerprint density at radius 2 is 1.68 bits per heavy atom. The molecule has 0 aromatic heterocycles. The lowest BCUT2D eigenvalue weighted by Gasteiger charge is -2.17. The van der Waals surface area contributed by atoms with Crippen molar-refractivity contribution in [3.05, 3.63) is 70.5 Å². The summed E-state index contributed by atoms with van der Waals surface area (Å²) in [6, 6.07) is 12.2. The molecule has 2 aromatic rings. The zero-order valence-electron chi connectivity index (χ0n) is 12.1. The standard InChI is InChI=1S/C16H17ClFNO2S/c1-2-16(13-5-7-14(17)8-6-13)19-22(20,21)11-12-3-9-15(18)10-4-12/h3-10,16,19H,2,11H2,1H3. The lowest BCUT2D eigenvalue weighted by Crippen LogP contribution is -2.29. The average molecular weight is 342 g/mol. The molecule has 6 heteroatoms. The van der Waals surface area contributed by atoms with Crippen LogP contribution in [0.3, 0.4) is 0 Å². The van der Waals surface area contributed by atoms with Gasteiger partial charge in [-0.15, -0.1) is 0 Å². The Kier molecular flexibility index (Phi) is 5.56. The van der Waals surface area contributed by atoms with Crippen molar-refractivity contribution in [2.24, 2.45) is 0 Å². The summed E-state index contributed by atoms with van der Waals surface area (Å²) in [7, 11) is -3.52. The second-order valence-electron chi connectivity index (χ2n) is 5.02. The van der Waals surface area contributed by atoms with Crippen LogP contribution in [0.4, 0.5) is 4.39 Å². The van der Waals surface area contributed by atoms with Gasteiger partial charge < -0.3 is 0 Å². The number of nitrogens with one attached hydrogen (secondary N) is 1. The van der Waals surface area contributed by atoms with E-state index in [-0.39, 0.29) is 17.6 Å². The normalized spacial score (nSPS) is 13.0. The predicted molar refractivity (Wildman–Crippen MR) is 86.6 cm³/mol. The average Bonchev–Trinajstić information content (AvgIpc) is 2.48. The van der Waals surface area contributed by atoms with Crippen LogP contribution in [0.2, 0.25) is 5.02 Å². The number of hydrogen-bond acceptors (Lipinski definition) is 2. The Balaban J connectivity index is 2.11. The summed E-state index contributed by atoms with van der Waals surface area (Å²) in [4.78, 5) is 0. The van der Waals surface area contributed by atoms with Crippen LogP contribution in [0.5, 0.6) is 0 Å². The van der Waals surface area contributed by atoms with Crippen molar-refractivity contribution in [3.63, 3.8) is 0 Å². The van der Waals surface area contributed by atoms with Gasteiger partial charge in [0.15, 0.2) is 0 Å². The van der Waals surface area contributed by atoms with Crippen molar-refractivity contribution in [1.82, 2.24) is 4.72 Å². The van der Waals surface area contributed by atoms with Crippen LogP contribution in [-0.2, 0) is 15.8 Å². The molecule has 0 fully saturated rings. The molecule has 0 saturated heterocycles. The van der Waals surface area contributed by atoms with Crippen molar-refractivity contribution in [2.75, 3.05) is 0 Å². The second-order valence-corrected chi connectivity index (χ2v) is 7.21. The fourth-order valence-corrected chi connectivity index (χ4v) is 3.72. The fraction of sp³-hybridized carbons (Fsp3) is 0.250. The lowest BCUT2D eigenvalue weighted by molar-refractivity contribution is 0.549. The van der Waals surface area contributed by atoms with E-state index in [9.17, 15) is 12.8 Å². The van der Waals surface area contributed by atoms with E-state index < -0.39 is 10.0 Å². The highest BCUT2D eigenvalue weighted by molar-refractivity contribution is 7.88. The van der Waals surface area contributed by atoms with Crippen LogP contribution in [0.1, 0.15) is 30.5 Å². The Morgan fingerprint density at radius 1 is 1.09 bits per heavy atom. The minimum Gasteiger partial charge on any atom is -0.212 e. The summed E-state index contributed by atoms with van der Waals surface area (Å²) < 4.78 is 40.1. The molecule has 0 aliphatic rings. The molecule has 0 radical (unpaired) electrons. The SMILES string of the molecule is CCC(NS(=O)(=O)Cc1ccc(F)cc1)c1ccc(Cl)cc1. The van der Waals surface area contributed by atoms with Gasteiger partial charge in [0.05, 0.1) is 5.75 Å². The van der Waals surface area contributed by atoms with Gasteiger partial charge in [0, 0.05) is 11.1 Å². The third kappa shape index (κ3) is 4.80. The maximum absolute atomic E-state index is 12.9. The Labute approximate surface area is 135 Å². The first-order valence-corrected chi connectivity index (χ1v) is 8.92. The molecule has 3 nitrogen and oxygen atoms in total. The summed E-state index contributed by atoms with van der Waals surface area (Å²) in [5.74, 6) is -0.570. The van der Waals surface area contributed by atoms with Gasteiger partial charge in [0.2, 0.25) is 10.0 Å². The van der Waals surface area contributed by atoms with Gasteiger partial charge in [-0.25, -0.2) is 17.5 Å². The molecule has 1 unspecified atom stereocenters. The molecular formula is C16H17ClFNO2S. The number of rotatable bonds is 6. The third-order valence-electron chi connectivity index (χ3n) is 3.27. The summed E-state index contributed by atoms with van der Waals surface area (Å²) >= 11 is 5.84. The molecule has 0 spiro atoms. The zero-order chi connectivity index (χ0) is 16.2. The molecule has 2 rings (SSSR count). The minimum atomic E-state index is -3.52. The molecule has 118 valence electrons. The first kappa shape index (κ1) is 16.9. The van der Waals surface area contributed by atoms with E-state index in [0.29, 0.717) is 17.0 Å². The van der Waals surface area contributed by atoms with E-state index in [4.69, 9.17) is 11.6 Å². The van der Waals surface area contributed by atoms with Gasteiger partial charge in [0.1, 0.15) is 5.82 Å². The molecule has 0 amide bonds. The van der Waals surface area contributed by atoms with Crippen molar-refractivity contribution >= 4 is 21.6 Å². The van der Waals surface area contributed by atoms with E-state index in [2.05, 4.69) is 4.72 Å². The highest BCUT2D eigenvalue weighted by Gasteiger charge is 2.18. The summed E-state index contributed by atoms with van der Waals surface area (Å²) in [5, 5.41) is 0.604. The van der Waals surface area contributed by atoms with Crippen molar-refractivity contribution < 1.29 is 12.8 Å². The first-order chi connectivity index (χ1) is 10.4. The Bertz CT molecular complexity index is 715. The van der Waals surface area contributed by atoms with Crippen LogP contribution in [-0.4, -0.2) is 8.42 Å². The number of halogens is 2. The van der Waals surface area contributed by atoms with Gasteiger partial charge in [-0.3, -0.25) is 0 Å². The fourth-order valence-electron chi connectivity index (χ4n) is 2.14. The monoisotopic (exact) mass is 341 g/mol. The van der Waals surface area contributed by atoms with Crippen molar-refractivity contribution in [3.8, 4) is 0 Å². The van der Waals surface area contributed by atoms with E-state index in [1.54, 1.807) is 24.3 Å². The predicted octanol–water partition coefficient (Wildman–Crippen LogP) is 4.05. The topological polar surface area (TPSA) is 46.2 Å². The highest BCUT2D eigenvalue weighted by Crippen LogP contribution is 2.21. The van der Waals surface area contributed by atoms with Crippen LogP contribution >= 0.6 is 11.6 Å². The smallest absolute Gasteiger partial charge is 0.212 e. The van der Waals surface area contributed by atoms with Crippen LogP contribution in [0.25, 0.3) is 0 Å². The van der Waals surface area contributed by atoms with Crippen LogP contribution in [0.15, 0.2) is 48.5 Å². The third-order valence-corrected chi connectivity index (χ3v) is 4.88. The summed E-state index contributed by atoms with van der Waals surface area (Å²) in [5.41, 5.74) is 1.40. The maximum Gasteiger partial charge on any atom is 0.216 e. The summed E-state index contributed by atoms with van der Waals surface area (Å²) in [6.07, 6.45) is 0.615. The zero-order valence-corrected chi connectivity index (χ0v) is 13.7. The molecule has 0 aliphatic carbocycles. The largest absolute Gasteiger partial charge is 0.216 e. The Morgan fingerprint density at radius 3 is 2.23 bits per heavy atom. The van der Waals surface area contributed by atoms with Crippen LogP contribution < -0.4 is 4.72 Å². The number of hydrogen-bond donors (Lipinski definition) is 1. The quantitative estimate of drug-likeness (QED) is 0.861. The molecule has 0 heterocycles. The van der Waals surface area contributed by atoms with Gasteiger partial charge in [-0.1, -0.05) is 42.8 Å². The number of benzene rings is 2. The van der Waals surface area contributed by atoms with Crippen molar-refractivity contribution in [2.45, 2.75) is 25.1 Å². The molecule has 2 aromatic carbocycles. The second kappa shape index (κ2) is 7.22. The van der Waals surface area contributed by atoms with E-state index in [1.807, 2.05) is 6.92 Å². The lowest BCUT2D eigenvalue weighted by atomic mass is 10.1. The van der Waals surface area contributed by atoms with E-state index in [0.717, 1.165) is 5.56 Å². The van der Waals surface area contributed by atoms with E-state index in [1.165, 1.54) is 24.3 Å². The molecule has 1 atom stereocenters. The van der Waals surface area contributed by atoms with Crippen molar-refractivity contribution in [1.29, 1.82) is 0 Å². The molecule has 0 aliphatic heterocycles. The maximum atomic E-state index is 12.9. The molecule has 1 N–H and O–H groups in total. The number of sulfonamides is 1. The van der Waals surface area contributed by atoms with Gasteiger partial charge in [-0.05, 0) is 41.8 Å². The van der Waals surface area contributed by atoms with Gasteiger partial charge in [-0.2, -0.15) is 0 Å². The first-order valence-electron chi connectivity index (χ1n) is 6.89. The van der Waals surface area contributed by atoms with Gasteiger partial charge >= 0.3 is 0 Å². The van der Waals surface area contributed by atoms with Gasteiger partial charge in [0.25, 0.3) is 0 Å². The highest BCUT2D eigenvalue weighted by atomic mass is 35.5. The minimum absolute atomic E-state index is 0.183. The van der Waals surface area contributed by atoms with Crippen LogP contribution in [0, 0.1) is 5.82 Å².